The van der Waals surface area contributed by atoms with Crippen LogP contribution in [-0.4, -0.2) is 48.6 Å². The van der Waals surface area contributed by atoms with Crippen LogP contribution in [0.15, 0.2) is 24.4 Å². The van der Waals surface area contributed by atoms with E-state index in [9.17, 15) is 9.59 Å². The fraction of sp³-hybridized carbons (Fsp3) is 0.500. The largest absolute Gasteiger partial charge is 0.459 e. The second-order valence-corrected chi connectivity index (χ2v) is 4.11. The molecule has 0 spiro atoms. The molecular formula is C14H20N2O4. The van der Waals surface area contributed by atoms with Gasteiger partial charge >= 0.3 is 11.9 Å². The Kier molecular flexibility index (Phi) is 7.27. The number of pyridine rings is 1. The maximum absolute atomic E-state index is 12.0. The van der Waals surface area contributed by atoms with Crippen LogP contribution in [-0.2, 0) is 25.6 Å². The van der Waals surface area contributed by atoms with E-state index in [1.165, 1.54) is 4.90 Å². The van der Waals surface area contributed by atoms with Crippen LogP contribution >= 0.6 is 0 Å². The molecule has 0 N–H and O–H groups in total. The molecule has 0 aliphatic carbocycles. The van der Waals surface area contributed by atoms with E-state index in [0.29, 0.717) is 19.6 Å². The molecule has 0 unspecified atom stereocenters. The van der Waals surface area contributed by atoms with Gasteiger partial charge in [-0.25, -0.2) is 4.79 Å². The molecule has 1 heterocycles. The van der Waals surface area contributed by atoms with Crippen LogP contribution < -0.4 is 0 Å². The lowest BCUT2D eigenvalue weighted by molar-refractivity contribution is -0.160. The zero-order valence-electron chi connectivity index (χ0n) is 11.9. The van der Waals surface area contributed by atoms with Gasteiger partial charge in [0.05, 0.1) is 18.8 Å². The fourth-order valence-corrected chi connectivity index (χ4v) is 1.66. The van der Waals surface area contributed by atoms with Crippen LogP contribution in [0.3, 0.4) is 0 Å². The Labute approximate surface area is 118 Å². The van der Waals surface area contributed by atoms with Gasteiger partial charge < -0.3 is 14.4 Å². The Bertz CT molecular complexity index is 422. The second-order valence-electron chi connectivity index (χ2n) is 4.11. The molecule has 6 heteroatoms. The van der Waals surface area contributed by atoms with Gasteiger partial charge in [0.2, 0.25) is 0 Å². The van der Waals surface area contributed by atoms with Crippen molar-refractivity contribution in [3.63, 3.8) is 0 Å². The summed E-state index contributed by atoms with van der Waals surface area (Å²) in [6, 6.07) is 5.44. The van der Waals surface area contributed by atoms with Crippen molar-refractivity contribution in [2.75, 3.05) is 26.9 Å². The van der Waals surface area contributed by atoms with Gasteiger partial charge in [0, 0.05) is 26.5 Å². The molecule has 0 atom stereocenters. The SMILES string of the molecule is CCOC(=O)C(=O)N(CCCOC)Cc1ccccn1. The van der Waals surface area contributed by atoms with E-state index in [1.807, 2.05) is 12.1 Å². The second kappa shape index (κ2) is 9.03. The lowest BCUT2D eigenvalue weighted by atomic mass is 10.3. The number of methoxy groups -OCH3 is 1. The van der Waals surface area contributed by atoms with E-state index in [4.69, 9.17) is 9.47 Å². The minimum atomic E-state index is -0.833. The van der Waals surface area contributed by atoms with Crippen LogP contribution in [0.1, 0.15) is 19.0 Å². The van der Waals surface area contributed by atoms with Gasteiger partial charge in [0.25, 0.3) is 0 Å². The molecule has 0 aliphatic rings. The molecule has 1 aromatic rings. The average Bonchev–Trinajstić information content (AvgIpc) is 2.47. The van der Waals surface area contributed by atoms with Crippen LogP contribution in [0.4, 0.5) is 0 Å². The number of ether oxygens (including phenoxy) is 2. The molecule has 0 radical (unpaired) electrons. The number of hydrogen-bond donors (Lipinski definition) is 0. The normalized spacial score (nSPS) is 10.1. The predicted molar refractivity (Wildman–Crippen MR) is 72.8 cm³/mol. The molecule has 0 bridgehead atoms. The van der Waals surface area contributed by atoms with Crippen LogP contribution in [0, 0.1) is 0 Å². The van der Waals surface area contributed by atoms with Gasteiger partial charge in [-0.15, -0.1) is 0 Å². The van der Waals surface area contributed by atoms with Crippen molar-refractivity contribution < 1.29 is 19.1 Å². The average molecular weight is 280 g/mol. The summed E-state index contributed by atoms with van der Waals surface area (Å²) in [5, 5.41) is 0. The Hall–Kier alpha value is -1.95. The number of rotatable bonds is 7. The standard InChI is InChI=1S/C14H20N2O4/c1-3-20-14(18)13(17)16(9-6-10-19-2)11-12-7-4-5-8-15-12/h4-5,7-8H,3,6,9-11H2,1-2H3. The summed E-state index contributed by atoms with van der Waals surface area (Å²) >= 11 is 0. The molecule has 0 aromatic carbocycles. The van der Waals surface area contributed by atoms with Crippen LogP contribution in [0.2, 0.25) is 0 Å². The molecule has 0 fully saturated rings. The van der Waals surface area contributed by atoms with Crippen molar-refractivity contribution in [1.29, 1.82) is 0 Å². The first kappa shape index (κ1) is 16.1. The molecule has 0 saturated carbocycles. The minimum Gasteiger partial charge on any atom is -0.459 e. The van der Waals surface area contributed by atoms with Crippen molar-refractivity contribution in [3.05, 3.63) is 30.1 Å². The smallest absolute Gasteiger partial charge is 0.397 e. The fourth-order valence-electron chi connectivity index (χ4n) is 1.66. The van der Waals surface area contributed by atoms with Crippen LogP contribution in [0.25, 0.3) is 0 Å². The first-order valence-electron chi connectivity index (χ1n) is 6.54. The number of amides is 1. The van der Waals surface area contributed by atoms with Gasteiger partial charge in [-0.2, -0.15) is 0 Å². The van der Waals surface area contributed by atoms with Crippen LogP contribution in [0.5, 0.6) is 0 Å². The van der Waals surface area contributed by atoms with E-state index in [0.717, 1.165) is 5.69 Å². The summed E-state index contributed by atoms with van der Waals surface area (Å²) in [5.41, 5.74) is 0.725. The lowest BCUT2D eigenvalue weighted by Crippen LogP contribution is -2.38. The molecule has 6 nitrogen and oxygen atoms in total. The highest BCUT2D eigenvalue weighted by Crippen LogP contribution is 2.04. The molecule has 110 valence electrons. The molecule has 1 rings (SSSR count). The maximum atomic E-state index is 12.0. The maximum Gasteiger partial charge on any atom is 0.397 e. The third-order valence-corrected chi connectivity index (χ3v) is 2.59. The number of aromatic nitrogens is 1. The van der Waals surface area contributed by atoms with Gasteiger partial charge in [0.1, 0.15) is 0 Å². The lowest BCUT2D eigenvalue weighted by Gasteiger charge is -2.21. The van der Waals surface area contributed by atoms with Gasteiger partial charge in [-0.3, -0.25) is 9.78 Å². The van der Waals surface area contributed by atoms with Crippen molar-refractivity contribution in [1.82, 2.24) is 9.88 Å². The number of carbonyl (C=O) groups excluding carboxylic acids is 2. The summed E-state index contributed by atoms with van der Waals surface area (Å²) in [6.45, 7) is 3.07. The molecule has 1 aromatic heterocycles. The highest BCUT2D eigenvalue weighted by molar-refractivity contribution is 6.32. The topological polar surface area (TPSA) is 68.7 Å². The van der Waals surface area contributed by atoms with Crippen molar-refractivity contribution in [2.45, 2.75) is 19.9 Å². The number of hydrogen-bond acceptors (Lipinski definition) is 5. The number of esters is 1. The summed E-state index contributed by atoms with van der Waals surface area (Å²) in [4.78, 5) is 29.1. The van der Waals surface area contributed by atoms with E-state index in [1.54, 1.807) is 26.3 Å². The Morgan fingerprint density at radius 3 is 2.75 bits per heavy atom. The predicted octanol–water partition coefficient (Wildman–Crippen LogP) is 1.01. The van der Waals surface area contributed by atoms with E-state index in [-0.39, 0.29) is 13.2 Å². The summed E-state index contributed by atoms with van der Waals surface area (Å²) in [7, 11) is 1.59. The highest BCUT2D eigenvalue weighted by Gasteiger charge is 2.23. The first-order valence-corrected chi connectivity index (χ1v) is 6.54. The molecule has 1 amide bonds. The van der Waals surface area contributed by atoms with E-state index < -0.39 is 11.9 Å². The third kappa shape index (κ3) is 5.36. The molecular weight excluding hydrogens is 260 g/mol. The number of nitrogens with zero attached hydrogens (tertiary/aromatic N) is 2. The molecule has 0 aliphatic heterocycles. The first-order chi connectivity index (χ1) is 9.69. The van der Waals surface area contributed by atoms with E-state index in [2.05, 4.69) is 4.98 Å². The summed E-state index contributed by atoms with van der Waals surface area (Å²) in [6.07, 6.45) is 2.30. The third-order valence-electron chi connectivity index (χ3n) is 2.59. The molecule has 0 saturated heterocycles. The molecule has 20 heavy (non-hydrogen) atoms. The Balaban J connectivity index is 2.68. The van der Waals surface area contributed by atoms with Gasteiger partial charge in [-0.1, -0.05) is 6.07 Å². The zero-order valence-corrected chi connectivity index (χ0v) is 11.9. The zero-order chi connectivity index (χ0) is 14.8. The quantitative estimate of drug-likeness (QED) is 0.423. The minimum absolute atomic E-state index is 0.181. The summed E-state index contributed by atoms with van der Waals surface area (Å²) < 4.78 is 9.71. The number of carbonyl (C=O) groups is 2. The Morgan fingerprint density at radius 2 is 2.15 bits per heavy atom. The highest BCUT2D eigenvalue weighted by atomic mass is 16.5. The summed E-state index contributed by atoms with van der Waals surface area (Å²) in [5.74, 6) is -1.48. The van der Waals surface area contributed by atoms with Gasteiger partial charge in [-0.05, 0) is 25.5 Å². The van der Waals surface area contributed by atoms with Crippen molar-refractivity contribution in [2.24, 2.45) is 0 Å². The monoisotopic (exact) mass is 280 g/mol. The van der Waals surface area contributed by atoms with Gasteiger partial charge in [0.15, 0.2) is 0 Å². The Morgan fingerprint density at radius 1 is 1.35 bits per heavy atom. The van der Waals surface area contributed by atoms with Crippen molar-refractivity contribution in [3.8, 4) is 0 Å². The van der Waals surface area contributed by atoms with E-state index >= 15 is 0 Å². The van der Waals surface area contributed by atoms with Crippen molar-refractivity contribution >= 4 is 11.9 Å².